The second-order valence-electron chi connectivity index (χ2n) is 5.67. The predicted octanol–water partition coefficient (Wildman–Crippen LogP) is 4.28. The van der Waals surface area contributed by atoms with Crippen LogP contribution in [0.15, 0.2) is 72.8 Å². The lowest BCUT2D eigenvalue weighted by molar-refractivity contribution is 0.306. The molecule has 0 atom stereocenters. The van der Waals surface area contributed by atoms with Crippen molar-refractivity contribution in [1.29, 1.82) is 0 Å². The van der Waals surface area contributed by atoms with Crippen molar-refractivity contribution in [2.24, 2.45) is 0 Å². The first kappa shape index (κ1) is 14.5. The summed E-state index contributed by atoms with van der Waals surface area (Å²) in [6.45, 7) is 2.58. The lowest BCUT2D eigenvalue weighted by Crippen LogP contribution is -1.95. The van der Waals surface area contributed by atoms with Crippen molar-refractivity contribution < 1.29 is 4.74 Å². The second-order valence-corrected chi connectivity index (χ2v) is 5.67. The van der Waals surface area contributed by atoms with E-state index in [1.807, 2.05) is 72.1 Å². The summed E-state index contributed by atoms with van der Waals surface area (Å²) in [5.74, 6) is 1.56. The number of benzene rings is 2. The first-order valence-electron chi connectivity index (χ1n) is 7.89. The van der Waals surface area contributed by atoms with Gasteiger partial charge in [0.05, 0.1) is 0 Å². The summed E-state index contributed by atoms with van der Waals surface area (Å²) >= 11 is 0. The molecule has 118 valence electrons. The molecule has 0 N–H and O–H groups in total. The van der Waals surface area contributed by atoms with Gasteiger partial charge in [0.25, 0.3) is 0 Å². The van der Waals surface area contributed by atoms with Crippen molar-refractivity contribution >= 4 is 5.65 Å². The monoisotopic (exact) mass is 315 g/mol. The van der Waals surface area contributed by atoms with E-state index in [9.17, 15) is 0 Å². The van der Waals surface area contributed by atoms with E-state index < -0.39 is 0 Å². The van der Waals surface area contributed by atoms with Gasteiger partial charge in [-0.25, -0.2) is 9.50 Å². The largest absolute Gasteiger partial charge is 0.489 e. The molecule has 0 spiro atoms. The molecule has 2 heterocycles. The third kappa shape index (κ3) is 2.86. The standard InChI is InChI=1S/C20H17N3O/c1-15-6-5-9-19-21-20(22-23(15)19)17-10-12-18(13-11-17)24-14-16-7-3-2-4-8-16/h2-13H,14H2,1H3. The molecule has 0 aliphatic carbocycles. The van der Waals surface area contributed by atoms with Gasteiger partial charge in [-0.2, -0.15) is 0 Å². The topological polar surface area (TPSA) is 39.4 Å². The van der Waals surface area contributed by atoms with E-state index >= 15 is 0 Å². The Balaban J connectivity index is 1.53. The minimum Gasteiger partial charge on any atom is -0.489 e. The van der Waals surface area contributed by atoms with Crippen molar-refractivity contribution in [3.05, 3.63) is 84.1 Å². The average Bonchev–Trinajstić information content (AvgIpc) is 3.07. The molecule has 0 aliphatic rings. The molecule has 0 saturated heterocycles. The van der Waals surface area contributed by atoms with Crippen molar-refractivity contribution in [1.82, 2.24) is 14.6 Å². The molecule has 4 aromatic rings. The van der Waals surface area contributed by atoms with Crippen LogP contribution in [0.5, 0.6) is 5.75 Å². The Morgan fingerprint density at radius 3 is 2.42 bits per heavy atom. The fourth-order valence-corrected chi connectivity index (χ4v) is 2.60. The quantitative estimate of drug-likeness (QED) is 0.564. The Labute approximate surface area is 140 Å². The third-order valence-electron chi connectivity index (χ3n) is 3.91. The Morgan fingerprint density at radius 2 is 1.67 bits per heavy atom. The molecular formula is C20H17N3O. The van der Waals surface area contributed by atoms with E-state index in [0.717, 1.165) is 34.0 Å². The van der Waals surface area contributed by atoms with Gasteiger partial charge in [-0.15, -0.1) is 5.10 Å². The van der Waals surface area contributed by atoms with Crippen LogP contribution in [0.3, 0.4) is 0 Å². The Hall–Kier alpha value is -3.14. The van der Waals surface area contributed by atoms with Crippen LogP contribution < -0.4 is 4.74 Å². The van der Waals surface area contributed by atoms with Gasteiger partial charge in [0.1, 0.15) is 12.4 Å². The number of nitrogens with zero attached hydrogens (tertiary/aromatic N) is 3. The van der Waals surface area contributed by atoms with Gasteiger partial charge in [0.15, 0.2) is 11.5 Å². The van der Waals surface area contributed by atoms with E-state index in [2.05, 4.69) is 22.2 Å². The molecule has 24 heavy (non-hydrogen) atoms. The van der Waals surface area contributed by atoms with Gasteiger partial charge < -0.3 is 4.74 Å². The molecule has 4 nitrogen and oxygen atoms in total. The van der Waals surface area contributed by atoms with E-state index in [1.54, 1.807) is 0 Å². The number of pyridine rings is 1. The highest BCUT2D eigenvalue weighted by molar-refractivity contribution is 5.59. The number of hydrogen-bond donors (Lipinski definition) is 0. The lowest BCUT2D eigenvalue weighted by atomic mass is 10.2. The van der Waals surface area contributed by atoms with Gasteiger partial charge >= 0.3 is 0 Å². The van der Waals surface area contributed by atoms with Crippen LogP contribution in [0.4, 0.5) is 0 Å². The highest BCUT2D eigenvalue weighted by atomic mass is 16.5. The molecule has 0 fully saturated rings. The summed E-state index contributed by atoms with van der Waals surface area (Å²) in [6, 6.07) is 24.0. The number of hydrogen-bond acceptors (Lipinski definition) is 3. The van der Waals surface area contributed by atoms with Crippen LogP contribution in [0.1, 0.15) is 11.3 Å². The summed E-state index contributed by atoms with van der Waals surface area (Å²) in [6.07, 6.45) is 0. The molecule has 0 amide bonds. The smallest absolute Gasteiger partial charge is 0.182 e. The number of fused-ring (bicyclic) bond motifs is 1. The second kappa shape index (κ2) is 6.16. The average molecular weight is 315 g/mol. The summed E-state index contributed by atoms with van der Waals surface area (Å²) in [5, 5.41) is 4.57. The van der Waals surface area contributed by atoms with Gasteiger partial charge in [-0.05, 0) is 48.9 Å². The minimum absolute atomic E-state index is 0.562. The zero-order chi connectivity index (χ0) is 16.4. The SMILES string of the molecule is Cc1cccc2nc(-c3ccc(OCc4ccccc4)cc3)nn12. The first-order valence-corrected chi connectivity index (χ1v) is 7.89. The Kier molecular flexibility index (Phi) is 3.71. The third-order valence-corrected chi connectivity index (χ3v) is 3.91. The maximum Gasteiger partial charge on any atom is 0.182 e. The van der Waals surface area contributed by atoms with Crippen LogP contribution in [-0.2, 0) is 6.61 Å². The molecule has 2 aromatic carbocycles. The van der Waals surface area contributed by atoms with Crippen LogP contribution in [0.2, 0.25) is 0 Å². The minimum atomic E-state index is 0.562. The number of ether oxygens (including phenoxy) is 1. The van der Waals surface area contributed by atoms with Crippen LogP contribution in [0.25, 0.3) is 17.0 Å². The van der Waals surface area contributed by atoms with Crippen molar-refractivity contribution in [2.75, 3.05) is 0 Å². The number of aryl methyl sites for hydroxylation is 1. The molecule has 4 heteroatoms. The normalized spacial score (nSPS) is 10.9. The fourth-order valence-electron chi connectivity index (χ4n) is 2.60. The maximum absolute atomic E-state index is 5.81. The van der Waals surface area contributed by atoms with E-state index in [1.165, 1.54) is 0 Å². The van der Waals surface area contributed by atoms with Gasteiger partial charge in [-0.1, -0.05) is 36.4 Å². The van der Waals surface area contributed by atoms with Crippen molar-refractivity contribution in [3.8, 4) is 17.1 Å². The fraction of sp³-hybridized carbons (Fsp3) is 0.100. The van der Waals surface area contributed by atoms with Gasteiger partial charge in [-0.3, -0.25) is 0 Å². The first-order chi connectivity index (χ1) is 11.8. The molecule has 2 aromatic heterocycles. The van der Waals surface area contributed by atoms with E-state index in [0.29, 0.717) is 6.61 Å². The molecular weight excluding hydrogens is 298 g/mol. The molecule has 0 bridgehead atoms. The maximum atomic E-state index is 5.81. The molecule has 0 saturated carbocycles. The summed E-state index contributed by atoms with van der Waals surface area (Å²) in [4.78, 5) is 4.58. The zero-order valence-electron chi connectivity index (χ0n) is 13.4. The summed E-state index contributed by atoms with van der Waals surface area (Å²) in [7, 11) is 0. The highest BCUT2D eigenvalue weighted by Crippen LogP contribution is 2.21. The molecule has 4 rings (SSSR count). The molecule has 0 radical (unpaired) electrons. The number of aromatic nitrogens is 3. The van der Waals surface area contributed by atoms with Crippen molar-refractivity contribution in [2.45, 2.75) is 13.5 Å². The molecule has 0 unspecified atom stereocenters. The Morgan fingerprint density at radius 1 is 0.875 bits per heavy atom. The van der Waals surface area contributed by atoms with Crippen LogP contribution >= 0.6 is 0 Å². The zero-order valence-corrected chi connectivity index (χ0v) is 13.4. The Bertz CT molecular complexity index is 959. The highest BCUT2D eigenvalue weighted by Gasteiger charge is 2.07. The van der Waals surface area contributed by atoms with E-state index in [4.69, 9.17) is 4.74 Å². The van der Waals surface area contributed by atoms with Gasteiger partial charge in [0.2, 0.25) is 0 Å². The lowest BCUT2D eigenvalue weighted by Gasteiger charge is -2.06. The summed E-state index contributed by atoms with van der Waals surface area (Å²) in [5.41, 5.74) is 4.05. The predicted molar refractivity (Wildman–Crippen MR) is 93.9 cm³/mol. The molecule has 0 aliphatic heterocycles. The van der Waals surface area contributed by atoms with E-state index in [-0.39, 0.29) is 0 Å². The number of rotatable bonds is 4. The van der Waals surface area contributed by atoms with Crippen LogP contribution in [-0.4, -0.2) is 14.6 Å². The van der Waals surface area contributed by atoms with Crippen LogP contribution in [0, 0.1) is 6.92 Å². The summed E-state index contributed by atoms with van der Waals surface area (Å²) < 4.78 is 7.67. The van der Waals surface area contributed by atoms with Gasteiger partial charge in [0, 0.05) is 11.3 Å². The van der Waals surface area contributed by atoms with Crippen molar-refractivity contribution in [3.63, 3.8) is 0 Å².